The molecule has 1 aromatic carbocycles. The van der Waals surface area contributed by atoms with E-state index >= 15 is 0 Å². The first kappa shape index (κ1) is 14.0. The molecular weight excluding hydrogens is 244 g/mol. The molecule has 0 radical (unpaired) electrons. The normalized spacial score (nSPS) is 16.4. The van der Waals surface area contributed by atoms with E-state index in [9.17, 15) is 10.1 Å². The van der Waals surface area contributed by atoms with E-state index in [1.54, 1.807) is 12.1 Å². The van der Waals surface area contributed by atoms with Gasteiger partial charge in [-0.25, -0.2) is 0 Å². The van der Waals surface area contributed by atoms with Crippen LogP contribution in [0.15, 0.2) is 24.3 Å². The molecule has 1 aliphatic rings. The monoisotopic (exact) mass is 264 g/mol. The van der Waals surface area contributed by atoms with Gasteiger partial charge < -0.3 is 10.1 Å². The summed E-state index contributed by atoms with van der Waals surface area (Å²) in [5, 5.41) is 14.0. The van der Waals surface area contributed by atoms with Crippen LogP contribution in [-0.2, 0) is 11.2 Å². The summed E-state index contributed by atoms with van der Waals surface area (Å²) in [6, 6.07) is 6.78. The Balaban J connectivity index is 1.66. The van der Waals surface area contributed by atoms with Crippen molar-refractivity contribution in [1.29, 1.82) is 0 Å². The van der Waals surface area contributed by atoms with Crippen LogP contribution in [0.1, 0.15) is 18.4 Å². The summed E-state index contributed by atoms with van der Waals surface area (Å²) in [5.41, 5.74) is 1.28. The van der Waals surface area contributed by atoms with Crippen molar-refractivity contribution >= 4 is 5.69 Å². The van der Waals surface area contributed by atoms with Crippen molar-refractivity contribution in [3.8, 4) is 0 Å². The van der Waals surface area contributed by atoms with Gasteiger partial charge in [0.2, 0.25) is 0 Å². The second kappa shape index (κ2) is 7.21. The molecule has 0 saturated carbocycles. The van der Waals surface area contributed by atoms with Crippen LogP contribution in [0.3, 0.4) is 0 Å². The van der Waals surface area contributed by atoms with E-state index in [0.29, 0.717) is 0 Å². The first-order chi connectivity index (χ1) is 9.25. The number of non-ortho nitro benzene ring substituents is 1. The second-order valence-corrected chi connectivity index (χ2v) is 4.93. The fourth-order valence-electron chi connectivity index (χ4n) is 2.27. The zero-order chi connectivity index (χ0) is 13.5. The summed E-state index contributed by atoms with van der Waals surface area (Å²) in [7, 11) is 0. The summed E-state index contributed by atoms with van der Waals surface area (Å²) in [6.45, 7) is 3.72. The smallest absolute Gasteiger partial charge is 0.269 e. The van der Waals surface area contributed by atoms with Gasteiger partial charge in [0, 0.05) is 25.3 Å². The van der Waals surface area contributed by atoms with Crippen LogP contribution in [0.5, 0.6) is 0 Å². The lowest BCUT2D eigenvalue weighted by Gasteiger charge is -2.22. The molecule has 0 unspecified atom stereocenters. The van der Waals surface area contributed by atoms with Gasteiger partial charge in [0.15, 0.2) is 0 Å². The number of ether oxygens (including phenoxy) is 1. The molecule has 5 heteroatoms. The van der Waals surface area contributed by atoms with Gasteiger partial charge in [0.05, 0.1) is 4.92 Å². The predicted molar refractivity (Wildman–Crippen MR) is 73.2 cm³/mol. The Kier molecular flexibility index (Phi) is 5.30. The lowest BCUT2D eigenvalue weighted by molar-refractivity contribution is -0.384. The summed E-state index contributed by atoms with van der Waals surface area (Å²) < 4.78 is 5.32. The molecule has 0 aliphatic carbocycles. The summed E-state index contributed by atoms with van der Waals surface area (Å²) in [5.74, 6) is 0.727. The Morgan fingerprint density at radius 1 is 1.26 bits per heavy atom. The van der Waals surface area contributed by atoms with E-state index in [2.05, 4.69) is 5.32 Å². The maximum atomic E-state index is 10.5. The average Bonchev–Trinajstić information content (AvgIpc) is 2.45. The van der Waals surface area contributed by atoms with E-state index in [4.69, 9.17) is 4.74 Å². The van der Waals surface area contributed by atoms with Crippen molar-refractivity contribution in [2.75, 3.05) is 26.3 Å². The number of rotatable bonds is 6. The number of hydrogen-bond acceptors (Lipinski definition) is 4. The van der Waals surface area contributed by atoms with E-state index in [0.717, 1.165) is 57.0 Å². The van der Waals surface area contributed by atoms with Crippen LogP contribution in [-0.4, -0.2) is 31.2 Å². The Morgan fingerprint density at radius 2 is 1.95 bits per heavy atom. The highest BCUT2D eigenvalue weighted by Gasteiger charge is 2.12. The Morgan fingerprint density at radius 3 is 2.58 bits per heavy atom. The minimum absolute atomic E-state index is 0.152. The zero-order valence-electron chi connectivity index (χ0n) is 11.0. The van der Waals surface area contributed by atoms with E-state index in [-0.39, 0.29) is 10.6 Å². The van der Waals surface area contributed by atoms with Gasteiger partial charge in [-0.2, -0.15) is 0 Å². The first-order valence-electron chi connectivity index (χ1n) is 6.77. The molecule has 19 heavy (non-hydrogen) atoms. The number of nitrogens with zero attached hydrogens (tertiary/aromatic N) is 1. The molecule has 0 amide bonds. The van der Waals surface area contributed by atoms with Crippen LogP contribution in [0.2, 0.25) is 0 Å². The largest absolute Gasteiger partial charge is 0.381 e. The van der Waals surface area contributed by atoms with Gasteiger partial charge in [-0.15, -0.1) is 0 Å². The molecule has 1 saturated heterocycles. The van der Waals surface area contributed by atoms with Crippen molar-refractivity contribution < 1.29 is 9.66 Å². The standard InChI is InChI=1S/C14H20N2O3/c17-16(18)14-3-1-12(2-4-14)5-8-15-11-13-6-9-19-10-7-13/h1-4,13,15H,5-11H2. The van der Waals surface area contributed by atoms with Crippen molar-refractivity contribution in [3.63, 3.8) is 0 Å². The van der Waals surface area contributed by atoms with Crippen LogP contribution >= 0.6 is 0 Å². The summed E-state index contributed by atoms with van der Waals surface area (Å²) in [6.07, 6.45) is 3.19. The molecule has 1 N–H and O–H groups in total. The molecule has 0 spiro atoms. The maximum Gasteiger partial charge on any atom is 0.269 e. The molecular formula is C14H20N2O3. The summed E-state index contributed by atoms with van der Waals surface area (Å²) >= 11 is 0. The van der Waals surface area contributed by atoms with Crippen molar-refractivity contribution in [1.82, 2.24) is 5.32 Å². The van der Waals surface area contributed by atoms with Gasteiger partial charge >= 0.3 is 0 Å². The fraction of sp³-hybridized carbons (Fsp3) is 0.571. The third-order valence-electron chi connectivity index (χ3n) is 3.51. The Labute approximate surface area is 113 Å². The first-order valence-corrected chi connectivity index (χ1v) is 6.77. The highest BCUT2D eigenvalue weighted by atomic mass is 16.6. The van der Waals surface area contributed by atoms with Crippen molar-refractivity contribution in [2.45, 2.75) is 19.3 Å². The van der Waals surface area contributed by atoms with E-state index in [1.807, 2.05) is 12.1 Å². The van der Waals surface area contributed by atoms with Gasteiger partial charge in [-0.1, -0.05) is 12.1 Å². The average molecular weight is 264 g/mol. The molecule has 1 aromatic rings. The Bertz CT molecular complexity index is 400. The molecule has 1 fully saturated rings. The van der Waals surface area contributed by atoms with Gasteiger partial charge in [0.25, 0.3) is 5.69 Å². The summed E-state index contributed by atoms with van der Waals surface area (Å²) in [4.78, 5) is 10.2. The molecule has 2 rings (SSSR count). The minimum Gasteiger partial charge on any atom is -0.381 e. The zero-order valence-corrected chi connectivity index (χ0v) is 11.0. The number of hydrogen-bond donors (Lipinski definition) is 1. The third kappa shape index (κ3) is 4.61. The van der Waals surface area contributed by atoms with Crippen LogP contribution in [0.4, 0.5) is 5.69 Å². The number of nitrogens with one attached hydrogen (secondary N) is 1. The molecule has 0 aromatic heterocycles. The van der Waals surface area contributed by atoms with Gasteiger partial charge in [-0.05, 0) is 43.8 Å². The predicted octanol–water partition coefficient (Wildman–Crippen LogP) is 2.15. The van der Waals surface area contributed by atoms with Gasteiger partial charge in [-0.3, -0.25) is 10.1 Å². The third-order valence-corrected chi connectivity index (χ3v) is 3.51. The lowest BCUT2D eigenvalue weighted by Crippen LogP contribution is -2.29. The van der Waals surface area contributed by atoms with Crippen LogP contribution in [0, 0.1) is 16.0 Å². The molecule has 0 bridgehead atoms. The highest BCUT2D eigenvalue weighted by Crippen LogP contribution is 2.14. The molecule has 0 atom stereocenters. The molecule has 5 nitrogen and oxygen atoms in total. The van der Waals surface area contributed by atoms with Crippen LogP contribution in [0.25, 0.3) is 0 Å². The second-order valence-electron chi connectivity index (χ2n) is 4.93. The topological polar surface area (TPSA) is 64.4 Å². The number of benzene rings is 1. The lowest BCUT2D eigenvalue weighted by atomic mass is 10.0. The fourth-order valence-corrected chi connectivity index (χ4v) is 2.27. The van der Waals surface area contributed by atoms with Crippen molar-refractivity contribution in [3.05, 3.63) is 39.9 Å². The van der Waals surface area contributed by atoms with Gasteiger partial charge in [0.1, 0.15) is 0 Å². The minimum atomic E-state index is -0.368. The van der Waals surface area contributed by atoms with E-state index < -0.39 is 0 Å². The SMILES string of the molecule is O=[N+]([O-])c1ccc(CCNCC2CCOCC2)cc1. The quantitative estimate of drug-likeness (QED) is 0.486. The Hall–Kier alpha value is -1.46. The van der Waals surface area contributed by atoms with Crippen molar-refractivity contribution in [2.24, 2.45) is 5.92 Å². The molecule has 104 valence electrons. The molecule has 1 aliphatic heterocycles. The maximum absolute atomic E-state index is 10.5. The molecule has 1 heterocycles. The number of nitro groups is 1. The van der Waals surface area contributed by atoms with E-state index in [1.165, 1.54) is 0 Å². The van der Waals surface area contributed by atoms with Crippen LogP contribution < -0.4 is 5.32 Å². The highest BCUT2D eigenvalue weighted by molar-refractivity contribution is 5.32. The number of nitro benzene ring substituents is 1.